The number of aliphatic hydroxyl groups excluding tert-OH is 1. The molecular weight excluding hydrogens is 212 g/mol. The van der Waals surface area contributed by atoms with Gasteiger partial charge in [0.15, 0.2) is 6.10 Å². The van der Waals surface area contributed by atoms with Crippen molar-refractivity contribution in [2.75, 3.05) is 13.1 Å². The van der Waals surface area contributed by atoms with E-state index in [2.05, 4.69) is 10.6 Å². The predicted octanol–water partition coefficient (Wildman–Crippen LogP) is -0.674. The second-order valence-corrected chi connectivity index (χ2v) is 3.87. The largest absolute Gasteiger partial charge is 0.479 e. The van der Waals surface area contributed by atoms with Crippen LogP contribution in [0.1, 0.15) is 26.7 Å². The number of aliphatic carboxylic acids is 1. The standard InChI is InChI=1S/C10H20N2O4/c1-7(2)11-5-3-4-9(14)12-6-8(13)10(15)16/h7-8,11,13H,3-6H2,1-2H3,(H,12,14)(H,15,16)/t8-/m0/s1. The first-order chi connectivity index (χ1) is 7.43. The fourth-order valence-corrected chi connectivity index (χ4v) is 1.03. The highest BCUT2D eigenvalue weighted by Crippen LogP contribution is 1.89. The fourth-order valence-electron chi connectivity index (χ4n) is 1.03. The van der Waals surface area contributed by atoms with E-state index < -0.39 is 12.1 Å². The summed E-state index contributed by atoms with van der Waals surface area (Å²) in [6.07, 6.45) is -0.517. The van der Waals surface area contributed by atoms with Crippen LogP contribution in [-0.2, 0) is 9.59 Å². The molecule has 0 rings (SSSR count). The molecule has 6 heteroatoms. The Morgan fingerprint density at radius 3 is 2.44 bits per heavy atom. The molecule has 0 aliphatic rings. The van der Waals surface area contributed by atoms with Gasteiger partial charge in [0.1, 0.15) is 0 Å². The normalized spacial score (nSPS) is 12.5. The summed E-state index contributed by atoms with van der Waals surface area (Å²) in [6, 6.07) is 0.386. The van der Waals surface area contributed by atoms with Crippen LogP contribution in [0.4, 0.5) is 0 Å². The lowest BCUT2D eigenvalue weighted by atomic mass is 10.2. The molecule has 0 aliphatic heterocycles. The fraction of sp³-hybridized carbons (Fsp3) is 0.800. The van der Waals surface area contributed by atoms with Gasteiger partial charge in [-0.2, -0.15) is 0 Å². The molecule has 0 aromatic heterocycles. The van der Waals surface area contributed by atoms with Gasteiger partial charge in [0.2, 0.25) is 5.91 Å². The number of rotatable bonds is 8. The van der Waals surface area contributed by atoms with Gasteiger partial charge in [-0.3, -0.25) is 4.79 Å². The van der Waals surface area contributed by atoms with E-state index in [1.165, 1.54) is 0 Å². The van der Waals surface area contributed by atoms with Crippen molar-refractivity contribution in [3.8, 4) is 0 Å². The second-order valence-electron chi connectivity index (χ2n) is 3.87. The number of carboxylic acid groups (broad SMARTS) is 1. The molecule has 16 heavy (non-hydrogen) atoms. The van der Waals surface area contributed by atoms with Gasteiger partial charge in [-0.15, -0.1) is 0 Å². The molecule has 94 valence electrons. The van der Waals surface area contributed by atoms with Crippen LogP contribution in [0.15, 0.2) is 0 Å². The minimum atomic E-state index is -1.53. The molecule has 0 saturated carbocycles. The quantitative estimate of drug-likeness (QED) is 0.416. The van der Waals surface area contributed by atoms with E-state index in [1.54, 1.807) is 0 Å². The van der Waals surface area contributed by atoms with Crippen LogP contribution in [-0.4, -0.2) is 47.3 Å². The Hall–Kier alpha value is -1.14. The Labute approximate surface area is 95.0 Å². The monoisotopic (exact) mass is 232 g/mol. The third-order valence-corrected chi connectivity index (χ3v) is 1.91. The van der Waals surface area contributed by atoms with Gasteiger partial charge in [-0.05, 0) is 13.0 Å². The van der Waals surface area contributed by atoms with Crippen LogP contribution in [0.3, 0.4) is 0 Å². The lowest BCUT2D eigenvalue weighted by Crippen LogP contribution is -2.36. The van der Waals surface area contributed by atoms with Crippen molar-refractivity contribution in [3.05, 3.63) is 0 Å². The lowest BCUT2D eigenvalue weighted by molar-refractivity contribution is -0.146. The molecule has 0 spiro atoms. The third kappa shape index (κ3) is 8.19. The molecule has 0 unspecified atom stereocenters. The molecule has 6 nitrogen and oxygen atoms in total. The van der Waals surface area contributed by atoms with Crippen LogP contribution in [0.2, 0.25) is 0 Å². The zero-order chi connectivity index (χ0) is 12.6. The molecular formula is C10H20N2O4. The van der Waals surface area contributed by atoms with Crippen LogP contribution in [0.5, 0.6) is 0 Å². The number of carbonyl (C=O) groups excluding carboxylic acids is 1. The molecule has 0 fully saturated rings. The van der Waals surface area contributed by atoms with Gasteiger partial charge in [0.25, 0.3) is 0 Å². The maximum Gasteiger partial charge on any atom is 0.334 e. The van der Waals surface area contributed by atoms with Gasteiger partial charge >= 0.3 is 5.97 Å². The maximum atomic E-state index is 11.2. The summed E-state index contributed by atoms with van der Waals surface area (Å²) < 4.78 is 0. The summed E-state index contributed by atoms with van der Waals surface area (Å²) in [4.78, 5) is 21.4. The molecule has 1 amide bonds. The molecule has 0 heterocycles. The molecule has 4 N–H and O–H groups in total. The van der Waals surface area contributed by atoms with Crippen molar-refractivity contribution < 1.29 is 19.8 Å². The van der Waals surface area contributed by atoms with Crippen molar-refractivity contribution in [1.29, 1.82) is 0 Å². The number of amides is 1. The number of nitrogens with one attached hydrogen (secondary N) is 2. The second kappa shape index (κ2) is 8.06. The third-order valence-electron chi connectivity index (χ3n) is 1.91. The molecule has 0 aliphatic carbocycles. The number of aliphatic hydroxyl groups is 1. The Morgan fingerprint density at radius 1 is 1.31 bits per heavy atom. The smallest absolute Gasteiger partial charge is 0.334 e. The molecule has 0 aromatic carbocycles. The van der Waals surface area contributed by atoms with Gasteiger partial charge in [-0.1, -0.05) is 13.8 Å². The van der Waals surface area contributed by atoms with Crippen molar-refractivity contribution >= 4 is 11.9 Å². The summed E-state index contributed by atoms with van der Waals surface area (Å²) in [5, 5.41) is 22.8. The van der Waals surface area contributed by atoms with Crippen LogP contribution < -0.4 is 10.6 Å². The van der Waals surface area contributed by atoms with Gasteiger partial charge in [0.05, 0.1) is 6.54 Å². The van der Waals surface area contributed by atoms with Gasteiger partial charge in [0, 0.05) is 12.5 Å². The number of carboxylic acids is 1. The SMILES string of the molecule is CC(C)NCCCC(=O)NC[C@H](O)C(=O)O. The predicted molar refractivity (Wildman–Crippen MR) is 59.0 cm³/mol. The molecule has 0 bridgehead atoms. The van der Waals surface area contributed by atoms with Crippen molar-refractivity contribution in [1.82, 2.24) is 10.6 Å². The summed E-state index contributed by atoms with van der Waals surface area (Å²) in [5.41, 5.74) is 0. The lowest BCUT2D eigenvalue weighted by Gasteiger charge is -2.09. The molecule has 0 saturated heterocycles. The zero-order valence-corrected chi connectivity index (χ0v) is 9.69. The minimum Gasteiger partial charge on any atom is -0.479 e. The molecule has 0 radical (unpaired) electrons. The van der Waals surface area contributed by atoms with E-state index in [1.807, 2.05) is 13.8 Å². The van der Waals surface area contributed by atoms with E-state index in [0.717, 1.165) is 6.54 Å². The Morgan fingerprint density at radius 2 is 1.94 bits per heavy atom. The highest BCUT2D eigenvalue weighted by atomic mass is 16.4. The van der Waals surface area contributed by atoms with Crippen LogP contribution in [0.25, 0.3) is 0 Å². The summed E-state index contributed by atoms with van der Waals surface area (Å²) in [5.74, 6) is -1.58. The summed E-state index contributed by atoms with van der Waals surface area (Å²) in [6.45, 7) is 4.53. The number of hydrogen-bond acceptors (Lipinski definition) is 4. The Balaban J connectivity index is 3.48. The van der Waals surface area contributed by atoms with E-state index in [9.17, 15) is 9.59 Å². The first kappa shape index (κ1) is 14.9. The van der Waals surface area contributed by atoms with Crippen molar-refractivity contribution in [2.45, 2.75) is 38.8 Å². The van der Waals surface area contributed by atoms with Crippen LogP contribution in [0, 0.1) is 0 Å². The number of carbonyl (C=O) groups is 2. The van der Waals surface area contributed by atoms with Crippen molar-refractivity contribution in [3.63, 3.8) is 0 Å². The van der Waals surface area contributed by atoms with Gasteiger partial charge in [-0.25, -0.2) is 4.79 Å². The van der Waals surface area contributed by atoms with E-state index >= 15 is 0 Å². The first-order valence-corrected chi connectivity index (χ1v) is 5.34. The number of hydrogen-bond donors (Lipinski definition) is 4. The van der Waals surface area contributed by atoms with Gasteiger partial charge < -0.3 is 20.8 Å². The van der Waals surface area contributed by atoms with E-state index in [4.69, 9.17) is 10.2 Å². The molecule has 0 aromatic rings. The summed E-state index contributed by atoms with van der Waals surface area (Å²) >= 11 is 0. The average Bonchev–Trinajstić information content (AvgIpc) is 2.20. The zero-order valence-electron chi connectivity index (χ0n) is 9.69. The summed E-state index contributed by atoms with van der Waals surface area (Å²) in [7, 11) is 0. The Kier molecular flexibility index (Phi) is 7.49. The van der Waals surface area contributed by atoms with E-state index in [0.29, 0.717) is 18.9 Å². The Bertz CT molecular complexity index is 231. The molecule has 1 atom stereocenters. The topological polar surface area (TPSA) is 98.7 Å². The maximum absolute atomic E-state index is 11.2. The van der Waals surface area contributed by atoms with Crippen LogP contribution >= 0.6 is 0 Å². The highest BCUT2D eigenvalue weighted by molar-refractivity contribution is 5.77. The van der Waals surface area contributed by atoms with E-state index in [-0.39, 0.29) is 12.5 Å². The first-order valence-electron chi connectivity index (χ1n) is 5.34. The van der Waals surface area contributed by atoms with Crippen molar-refractivity contribution in [2.24, 2.45) is 0 Å². The average molecular weight is 232 g/mol. The highest BCUT2D eigenvalue weighted by Gasteiger charge is 2.13. The minimum absolute atomic E-state index is 0.244.